The molecule has 0 unspecified atom stereocenters. The molecular weight excluding hydrogens is 773 g/mol. The van der Waals surface area contributed by atoms with E-state index in [-0.39, 0.29) is 59.8 Å². The summed E-state index contributed by atoms with van der Waals surface area (Å²) in [5.74, 6) is -0.869. The molecule has 1 saturated heterocycles. The van der Waals surface area contributed by atoms with Gasteiger partial charge in [-0.25, -0.2) is 18.4 Å². The number of hydrogen-bond donors (Lipinski definition) is 2. The van der Waals surface area contributed by atoms with E-state index in [1.54, 1.807) is 17.0 Å². The molecular formula is C40H38F4N4O8S. The molecule has 2 N–H and O–H groups in total. The standard InChI is InChI=1S/C40H38F4N4O8S/c1-21-25(7-4-9-27(21)36-46-29-15-23(19-45-12-14-57(3,51)52)32(55-39(41)42)17-34(29)53-36)26-8-5-10-28(22(26)2)37-47-30-16-24(20-48-13-6-11-31(48)38(49)50)33(56-40(43)44)18-35(30)54-37/h4-5,7-10,15-18,31,39-40,45H,6,11-14,19-20H2,1-3H3,(H,49,50)/t31-/m0/s1. The molecule has 12 nitrogen and oxygen atoms in total. The van der Waals surface area contributed by atoms with Crippen molar-refractivity contribution in [3.05, 3.63) is 82.9 Å². The minimum Gasteiger partial charge on any atom is -0.480 e. The first-order chi connectivity index (χ1) is 27.1. The van der Waals surface area contributed by atoms with E-state index in [4.69, 9.17) is 23.3 Å². The molecule has 1 aliphatic heterocycles. The van der Waals surface area contributed by atoms with Crippen molar-refractivity contribution in [1.82, 2.24) is 20.2 Å². The number of halogens is 4. The number of oxazole rings is 2. The number of nitrogens with zero attached hydrogens (tertiary/aromatic N) is 3. The lowest BCUT2D eigenvalue weighted by molar-refractivity contribution is -0.142. The van der Waals surface area contributed by atoms with Gasteiger partial charge in [0.2, 0.25) is 11.8 Å². The number of sulfone groups is 1. The van der Waals surface area contributed by atoms with Crippen molar-refractivity contribution in [3.8, 4) is 45.5 Å². The first-order valence-electron chi connectivity index (χ1n) is 18.0. The molecule has 2 aromatic heterocycles. The Balaban J connectivity index is 1.21. The number of carboxylic acids is 1. The third-order valence-corrected chi connectivity index (χ3v) is 10.9. The first-order valence-corrected chi connectivity index (χ1v) is 20.0. The van der Waals surface area contributed by atoms with E-state index >= 15 is 0 Å². The monoisotopic (exact) mass is 810 g/mol. The Morgan fingerprint density at radius 2 is 1.37 bits per heavy atom. The van der Waals surface area contributed by atoms with Crippen LogP contribution in [0.4, 0.5) is 17.6 Å². The van der Waals surface area contributed by atoms with Crippen molar-refractivity contribution in [2.24, 2.45) is 0 Å². The van der Waals surface area contributed by atoms with Crippen molar-refractivity contribution in [2.75, 3.05) is 25.1 Å². The number of likely N-dealkylation sites (tertiary alicyclic amines) is 1. The maximum atomic E-state index is 13.5. The SMILES string of the molecule is Cc1c(-c2nc3cc(CNCCS(C)(=O)=O)c(OC(F)F)cc3o2)cccc1-c1cccc(-c2nc3cc(CN4CCC[C@H]4C(=O)O)c(OC(F)F)cc3o2)c1C. The third-order valence-electron chi connectivity index (χ3n) is 9.98. The van der Waals surface area contributed by atoms with Crippen LogP contribution < -0.4 is 14.8 Å². The number of fused-ring (bicyclic) bond motifs is 2. The predicted octanol–water partition coefficient (Wildman–Crippen LogP) is 7.97. The van der Waals surface area contributed by atoms with Gasteiger partial charge >= 0.3 is 19.2 Å². The number of rotatable bonds is 15. The lowest BCUT2D eigenvalue weighted by atomic mass is 9.91. The average molecular weight is 811 g/mol. The minimum atomic E-state index is -3.23. The second-order valence-corrected chi connectivity index (χ2v) is 16.1. The maximum absolute atomic E-state index is 13.5. The van der Waals surface area contributed by atoms with Gasteiger partial charge in [-0.3, -0.25) is 9.69 Å². The van der Waals surface area contributed by atoms with E-state index in [2.05, 4.69) is 10.3 Å². The van der Waals surface area contributed by atoms with Gasteiger partial charge in [-0.1, -0.05) is 24.3 Å². The summed E-state index contributed by atoms with van der Waals surface area (Å²) in [7, 11) is -3.23. The normalized spacial score (nSPS) is 15.1. The van der Waals surface area contributed by atoms with Crippen LogP contribution in [0.15, 0.2) is 69.5 Å². The molecule has 57 heavy (non-hydrogen) atoms. The summed E-state index contributed by atoms with van der Waals surface area (Å²) in [5, 5.41) is 12.6. The van der Waals surface area contributed by atoms with Gasteiger partial charge in [0.1, 0.15) is 38.4 Å². The summed E-state index contributed by atoms with van der Waals surface area (Å²) in [4.78, 5) is 22.9. The summed E-state index contributed by atoms with van der Waals surface area (Å²) in [6, 6.07) is 16.3. The number of alkyl halides is 4. The van der Waals surface area contributed by atoms with Gasteiger partial charge in [-0.15, -0.1) is 0 Å². The fraction of sp³-hybridized carbons (Fsp3) is 0.325. The number of ether oxygens (including phenoxy) is 2. The lowest BCUT2D eigenvalue weighted by Gasteiger charge is -2.22. The number of aliphatic carboxylic acids is 1. The van der Waals surface area contributed by atoms with Crippen LogP contribution in [-0.4, -0.2) is 78.7 Å². The van der Waals surface area contributed by atoms with Crippen LogP contribution in [0, 0.1) is 13.8 Å². The van der Waals surface area contributed by atoms with Gasteiger partial charge in [0.15, 0.2) is 11.2 Å². The molecule has 6 aromatic rings. The quantitative estimate of drug-likeness (QED) is 0.0763. The molecule has 0 amide bonds. The Bertz CT molecular complexity index is 2580. The van der Waals surface area contributed by atoms with Crippen LogP contribution in [0.5, 0.6) is 11.5 Å². The highest BCUT2D eigenvalue weighted by molar-refractivity contribution is 7.90. The lowest BCUT2D eigenvalue weighted by Crippen LogP contribution is -2.35. The highest BCUT2D eigenvalue weighted by Gasteiger charge is 2.31. The van der Waals surface area contributed by atoms with Gasteiger partial charge in [-0.05, 0) is 79.8 Å². The van der Waals surface area contributed by atoms with E-state index in [9.17, 15) is 35.9 Å². The molecule has 17 heteroatoms. The summed E-state index contributed by atoms with van der Waals surface area (Å²) in [6.45, 7) is -1.67. The summed E-state index contributed by atoms with van der Waals surface area (Å²) >= 11 is 0. The highest BCUT2D eigenvalue weighted by atomic mass is 32.2. The molecule has 0 radical (unpaired) electrons. The molecule has 0 spiro atoms. The number of hydrogen-bond acceptors (Lipinski definition) is 11. The molecule has 0 aliphatic carbocycles. The van der Waals surface area contributed by atoms with Crippen LogP contribution in [-0.2, 0) is 27.7 Å². The molecule has 0 saturated carbocycles. The van der Waals surface area contributed by atoms with Crippen molar-refractivity contribution in [1.29, 1.82) is 0 Å². The Hall–Kier alpha value is -5.52. The van der Waals surface area contributed by atoms with E-state index in [0.29, 0.717) is 52.7 Å². The Labute approximate surface area is 324 Å². The second-order valence-electron chi connectivity index (χ2n) is 13.9. The van der Waals surface area contributed by atoms with Crippen LogP contribution in [0.1, 0.15) is 35.1 Å². The zero-order valence-electron chi connectivity index (χ0n) is 31.0. The van der Waals surface area contributed by atoms with Gasteiger partial charge < -0.3 is 28.7 Å². The Kier molecular flexibility index (Phi) is 11.2. The molecule has 7 rings (SSSR count). The van der Waals surface area contributed by atoms with Crippen molar-refractivity contribution in [2.45, 2.75) is 59.0 Å². The summed E-state index contributed by atoms with van der Waals surface area (Å²) < 4.78 is 98.5. The second kappa shape index (κ2) is 16.1. The molecule has 3 heterocycles. The molecule has 1 atom stereocenters. The third kappa shape index (κ3) is 8.74. The highest BCUT2D eigenvalue weighted by Crippen LogP contribution is 2.40. The van der Waals surface area contributed by atoms with E-state index in [1.807, 2.05) is 50.2 Å². The molecule has 0 bridgehead atoms. The topological polar surface area (TPSA) is 157 Å². The summed E-state index contributed by atoms with van der Waals surface area (Å²) in [6.07, 6.45) is 2.23. The van der Waals surface area contributed by atoms with Crippen LogP contribution in [0.25, 0.3) is 56.2 Å². The van der Waals surface area contributed by atoms with Gasteiger partial charge in [0.05, 0.1) is 5.75 Å². The van der Waals surface area contributed by atoms with Crippen molar-refractivity contribution in [3.63, 3.8) is 0 Å². The van der Waals surface area contributed by atoms with E-state index in [1.165, 1.54) is 12.1 Å². The molecule has 300 valence electrons. The molecule has 4 aromatic carbocycles. The van der Waals surface area contributed by atoms with Gasteiger partial charge in [0, 0.05) is 60.3 Å². The summed E-state index contributed by atoms with van der Waals surface area (Å²) in [5.41, 5.74) is 6.46. The Morgan fingerprint density at radius 1 is 0.860 bits per heavy atom. The number of carboxylic acid groups (broad SMARTS) is 1. The van der Waals surface area contributed by atoms with Crippen LogP contribution >= 0.6 is 0 Å². The first kappa shape index (κ1) is 39.7. The Morgan fingerprint density at radius 3 is 1.88 bits per heavy atom. The fourth-order valence-electron chi connectivity index (χ4n) is 7.21. The zero-order chi connectivity index (χ0) is 40.6. The van der Waals surface area contributed by atoms with Crippen molar-refractivity contribution >= 4 is 38.0 Å². The number of benzene rings is 4. The number of aromatic nitrogens is 2. The number of carbonyl (C=O) groups is 1. The molecule has 1 aliphatic rings. The van der Waals surface area contributed by atoms with Crippen LogP contribution in [0.2, 0.25) is 0 Å². The van der Waals surface area contributed by atoms with E-state index < -0.39 is 35.1 Å². The maximum Gasteiger partial charge on any atom is 0.387 e. The average Bonchev–Trinajstić information content (AvgIpc) is 3.88. The predicted molar refractivity (Wildman–Crippen MR) is 203 cm³/mol. The molecule has 1 fully saturated rings. The van der Waals surface area contributed by atoms with Crippen LogP contribution in [0.3, 0.4) is 0 Å². The zero-order valence-corrected chi connectivity index (χ0v) is 31.8. The number of nitrogens with one attached hydrogen (secondary N) is 1. The smallest absolute Gasteiger partial charge is 0.387 e. The van der Waals surface area contributed by atoms with Gasteiger partial charge in [-0.2, -0.15) is 17.6 Å². The van der Waals surface area contributed by atoms with E-state index in [0.717, 1.165) is 28.5 Å². The largest absolute Gasteiger partial charge is 0.480 e. The van der Waals surface area contributed by atoms with Gasteiger partial charge in [0.25, 0.3) is 0 Å². The fourth-order valence-corrected chi connectivity index (χ4v) is 7.73. The minimum absolute atomic E-state index is 0.0531. The van der Waals surface area contributed by atoms with Crippen molar-refractivity contribution < 1.29 is 54.2 Å².